The Labute approximate surface area is 111 Å². The highest BCUT2D eigenvalue weighted by molar-refractivity contribution is 5.24. The van der Waals surface area contributed by atoms with Gasteiger partial charge in [-0.15, -0.1) is 0 Å². The van der Waals surface area contributed by atoms with Crippen molar-refractivity contribution in [3.05, 3.63) is 35.4 Å². The van der Waals surface area contributed by atoms with E-state index in [9.17, 15) is 0 Å². The quantitative estimate of drug-likeness (QED) is 0.878. The number of aryl methyl sites for hydroxylation is 1. The molecular formula is C16H26N2. The highest BCUT2D eigenvalue weighted by Gasteiger charge is 2.21. The van der Waals surface area contributed by atoms with E-state index in [0.717, 1.165) is 12.6 Å². The molecule has 1 aromatic carbocycles. The summed E-state index contributed by atoms with van der Waals surface area (Å²) in [6.07, 6.45) is 4.10. The fourth-order valence-electron chi connectivity index (χ4n) is 2.83. The molecule has 0 aliphatic carbocycles. The number of piperidine rings is 1. The molecular weight excluding hydrogens is 220 g/mol. The molecule has 0 spiro atoms. The van der Waals surface area contributed by atoms with E-state index in [1.165, 1.54) is 36.9 Å². The number of nitrogens with zero attached hydrogens (tertiary/aromatic N) is 1. The van der Waals surface area contributed by atoms with Gasteiger partial charge in [0.25, 0.3) is 0 Å². The van der Waals surface area contributed by atoms with Crippen molar-refractivity contribution in [1.82, 2.24) is 10.2 Å². The van der Waals surface area contributed by atoms with Crippen molar-refractivity contribution in [3.8, 4) is 0 Å². The lowest BCUT2D eigenvalue weighted by Gasteiger charge is -2.36. The van der Waals surface area contributed by atoms with Gasteiger partial charge in [0.05, 0.1) is 0 Å². The molecule has 1 heterocycles. The molecule has 2 nitrogen and oxygen atoms in total. The zero-order valence-electron chi connectivity index (χ0n) is 11.9. The van der Waals surface area contributed by atoms with E-state index in [-0.39, 0.29) is 0 Å². The van der Waals surface area contributed by atoms with E-state index in [1.807, 2.05) is 0 Å². The number of likely N-dealkylation sites (tertiary alicyclic amines) is 1. The SMILES string of the molecule is CNC(CN1CCCCC1C)c1ccc(C)cc1. The summed E-state index contributed by atoms with van der Waals surface area (Å²) in [6.45, 7) is 6.89. The fourth-order valence-corrected chi connectivity index (χ4v) is 2.83. The fraction of sp³-hybridized carbons (Fsp3) is 0.625. The molecule has 2 unspecified atom stereocenters. The first-order valence-corrected chi connectivity index (χ1v) is 7.18. The molecule has 1 aliphatic heterocycles. The van der Waals surface area contributed by atoms with E-state index >= 15 is 0 Å². The van der Waals surface area contributed by atoms with Crippen molar-refractivity contribution in [2.75, 3.05) is 20.1 Å². The molecule has 0 bridgehead atoms. The second-order valence-electron chi connectivity index (χ2n) is 5.59. The minimum absolute atomic E-state index is 0.450. The van der Waals surface area contributed by atoms with Gasteiger partial charge in [0.2, 0.25) is 0 Å². The van der Waals surface area contributed by atoms with Gasteiger partial charge >= 0.3 is 0 Å². The normalized spacial score (nSPS) is 22.9. The molecule has 2 heteroatoms. The first kappa shape index (κ1) is 13.6. The van der Waals surface area contributed by atoms with Crippen LogP contribution in [0.3, 0.4) is 0 Å². The summed E-state index contributed by atoms with van der Waals surface area (Å²) in [7, 11) is 2.07. The van der Waals surface area contributed by atoms with Gasteiger partial charge in [0.15, 0.2) is 0 Å². The van der Waals surface area contributed by atoms with Gasteiger partial charge in [-0.25, -0.2) is 0 Å². The minimum atomic E-state index is 0.450. The summed E-state index contributed by atoms with van der Waals surface area (Å²) < 4.78 is 0. The maximum absolute atomic E-state index is 3.46. The highest BCUT2D eigenvalue weighted by Crippen LogP contribution is 2.21. The zero-order chi connectivity index (χ0) is 13.0. The Hall–Kier alpha value is -0.860. The van der Waals surface area contributed by atoms with Crippen LogP contribution in [0, 0.1) is 6.92 Å². The average molecular weight is 246 g/mol. The highest BCUT2D eigenvalue weighted by atomic mass is 15.2. The Morgan fingerprint density at radius 1 is 1.28 bits per heavy atom. The first-order chi connectivity index (χ1) is 8.70. The molecule has 2 atom stereocenters. The summed E-state index contributed by atoms with van der Waals surface area (Å²) >= 11 is 0. The van der Waals surface area contributed by atoms with Gasteiger partial charge in [-0.2, -0.15) is 0 Å². The summed E-state index contributed by atoms with van der Waals surface area (Å²) in [6, 6.07) is 10.1. The number of hydrogen-bond acceptors (Lipinski definition) is 2. The van der Waals surface area contributed by atoms with Crippen LogP contribution in [-0.2, 0) is 0 Å². The van der Waals surface area contributed by atoms with Gasteiger partial charge in [0, 0.05) is 18.6 Å². The second kappa shape index (κ2) is 6.35. The van der Waals surface area contributed by atoms with Gasteiger partial charge in [0.1, 0.15) is 0 Å². The summed E-state index contributed by atoms with van der Waals surface area (Å²) in [5, 5.41) is 3.46. The van der Waals surface area contributed by atoms with Crippen LogP contribution in [0.15, 0.2) is 24.3 Å². The van der Waals surface area contributed by atoms with Crippen molar-refractivity contribution in [2.24, 2.45) is 0 Å². The van der Waals surface area contributed by atoms with Gasteiger partial charge in [-0.05, 0) is 45.8 Å². The standard InChI is InChI=1S/C16H26N2/c1-13-7-9-15(10-8-13)16(17-3)12-18-11-5-4-6-14(18)2/h7-10,14,16-17H,4-6,11-12H2,1-3H3. The van der Waals surface area contributed by atoms with Crippen molar-refractivity contribution in [3.63, 3.8) is 0 Å². The number of benzene rings is 1. The third kappa shape index (κ3) is 3.33. The molecule has 1 saturated heterocycles. The molecule has 0 radical (unpaired) electrons. The number of nitrogens with one attached hydrogen (secondary N) is 1. The van der Waals surface area contributed by atoms with Crippen LogP contribution in [0.1, 0.15) is 43.4 Å². The van der Waals surface area contributed by atoms with Crippen LogP contribution >= 0.6 is 0 Å². The molecule has 1 N–H and O–H groups in total. The van der Waals surface area contributed by atoms with Crippen molar-refractivity contribution in [2.45, 2.75) is 45.2 Å². The Morgan fingerprint density at radius 2 is 2.00 bits per heavy atom. The Bertz CT molecular complexity index is 358. The first-order valence-electron chi connectivity index (χ1n) is 7.18. The monoisotopic (exact) mass is 246 g/mol. The zero-order valence-corrected chi connectivity index (χ0v) is 11.9. The van der Waals surface area contributed by atoms with Crippen LogP contribution in [0.25, 0.3) is 0 Å². The molecule has 1 fully saturated rings. The molecule has 0 aromatic heterocycles. The van der Waals surface area contributed by atoms with Crippen LogP contribution in [-0.4, -0.2) is 31.1 Å². The van der Waals surface area contributed by atoms with E-state index < -0.39 is 0 Å². The third-order valence-electron chi connectivity index (χ3n) is 4.19. The summed E-state index contributed by atoms with van der Waals surface area (Å²) in [5.74, 6) is 0. The Kier molecular flexibility index (Phi) is 4.79. The summed E-state index contributed by atoms with van der Waals surface area (Å²) in [5.41, 5.74) is 2.74. The van der Waals surface area contributed by atoms with Crippen molar-refractivity contribution < 1.29 is 0 Å². The third-order valence-corrected chi connectivity index (χ3v) is 4.19. The Morgan fingerprint density at radius 3 is 2.61 bits per heavy atom. The van der Waals surface area contributed by atoms with Crippen molar-refractivity contribution in [1.29, 1.82) is 0 Å². The van der Waals surface area contributed by atoms with Crippen LogP contribution in [0.5, 0.6) is 0 Å². The van der Waals surface area contributed by atoms with E-state index in [0.29, 0.717) is 6.04 Å². The lowest BCUT2D eigenvalue weighted by molar-refractivity contribution is 0.146. The lowest BCUT2D eigenvalue weighted by atomic mass is 10.00. The van der Waals surface area contributed by atoms with Crippen LogP contribution < -0.4 is 5.32 Å². The molecule has 1 aromatic rings. The van der Waals surface area contributed by atoms with E-state index in [4.69, 9.17) is 0 Å². The molecule has 100 valence electrons. The lowest BCUT2D eigenvalue weighted by Crippen LogP contribution is -2.42. The molecule has 0 amide bonds. The molecule has 0 saturated carbocycles. The van der Waals surface area contributed by atoms with E-state index in [2.05, 4.69) is 55.4 Å². The molecule has 1 aliphatic rings. The predicted molar refractivity (Wildman–Crippen MR) is 77.9 cm³/mol. The van der Waals surface area contributed by atoms with Gasteiger partial charge < -0.3 is 5.32 Å². The maximum Gasteiger partial charge on any atom is 0.0446 e. The van der Waals surface area contributed by atoms with Crippen LogP contribution in [0.4, 0.5) is 0 Å². The topological polar surface area (TPSA) is 15.3 Å². The second-order valence-corrected chi connectivity index (χ2v) is 5.59. The summed E-state index contributed by atoms with van der Waals surface area (Å²) in [4.78, 5) is 2.63. The predicted octanol–water partition coefficient (Wildman–Crippen LogP) is 3.13. The molecule has 18 heavy (non-hydrogen) atoms. The van der Waals surface area contributed by atoms with E-state index in [1.54, 1.807) is 0 Å². The Balaban J connectivity index is 2.02. The maximum atomic E-state index is 3.46. The number of likely N-dealkylation sites (N-methyl/N-ethyl adjacent to an activating group) is 1. The average Bonchev–Trinajstić information content (AvgIpc) is 2.39. The molecule has 2 rings (SSSR count). The minimum Gasteiger partial charge on any atom is -0.312 e. The van der Waals surface area contributed by atoms with Crippen molar-refractivity contribution >= 4 is 0 Å². The number of rotatable bonds is 4. The smallest absolute Gasteiger partial charge is 0.0446 e. The van der Waals surface area contributed by atoms with Gasteiger partial charge in [-0.1, -0.05) is 36.2 Å². The van der Waals surface area contributed by atoms with Gasteiger partial charge in [-0.3, -0.25) is 4.90 Å². The van der Waals surface area contributed by atoms with Crippen LogP contribution in [0.2, 0.25) is 0 Å². The largest absolute Gasteiger partial charge is 0.312 e. The number of hydrogen-bond donors (Lipinski definition) is 1.